The van der Waals surface area contributed by atoms with Crippen molar-refractivity contribution < 1.29 is 18.0 Å². The summed E-state index contributed by atoms with van der Waals surface area (Å²) in [5.74, 6) is -0.540. The van der Waals surface area contributed by atoms with Crippen LogP contribution in [0, 0.1) is 0 Å². The van der Waals surface area contributed by atoms with Gasteiger partial charge in [-0.1, -0.05) is 34.1 Å². The summed E-state index contributed by atoms with van der Waals surface area (Å²) in [6, 6.07) is 11.4. The van der Waals surface area contributed by atoms with Crippen molar-refractivity contribution in [1.82, 2.24) is 5.32 Å². The maximum Gasteiger partial charge on any atom is 0.416 e. The lowest BCUT2D eigenvalue weighted by molar-refractivity contribution is -0.137. The Bertz CT molecular complexity index is 668. The fourth-order valence-electron chi connectivity index (χ4n) is 1.95. The molecule has 0 bridgehead atoms. The minimum Gasteiger partial charge on any atom is -0.346 e. The summed E-state index contributed by atoms with van der Waals surface area (Å²) >= 11 is 3.31. The Hall–Kier alpha value is -1.82. The van der Waals surface area contributed by atoms with Crippen LogP contribution in [0.1, 0.15) is 34.5 Å². The molecule has 6 heteroatoms. The molecule has 1 amide bonds. The molecule has 0 aliphatic heterocycles. The molecule has 2 nitrogen and oxygen atoms in total. The van der Waals surface area contributed by atoms with Crippen LogP contribution in [0.15, 0.2) is 53.0 Å². The molecular weight excluding hydrogens is 359 g/mol. The van der Waals surface area contributed by atoms with Crippen LogP contribution in [0.25, 0.3) is 0 Å². The van der Waals surface area contributed by atoms with Crippen LogP contribution in [0.2, 0.25) is 0 Å². The molecule has 0 saturated heterocycles. The smallest absolute Gasteiger partial charge is 0.346 e. The third kappa shape index (κ3) is 4.10. The highest BCUT2D eigenvalue weighted by atomic mass is 79.9. The first-order valence-electron chi connectivity index (χ1n) is 6.51. The first kappa shape index (κ1) is 16.5. The molecule has 0 aliphatic rings. The van der Waals surface area contributed by atoms with Gasteiger partial charge >= 0.3 is 6.18 Å². The van der Waals surface area contributed by atoms with Gasteiger partial charge in [0, 0.05) is 10.0 Å². The molecule has 2 rings (SSSR count). The molecule has 1 unspecified atom stereocenters. The summed E-state index contributed by atoms with van der Waals surface area (Å²) in [5.41, 5.74) is 0.0127. The molecule has 0 aliphatic carbocycles. The van der Waals surface area contributed by atoms with E-state index in [9.17, 15) is 18.0 Å². The van der Waals surface area contributed by atoms with E-state index >= 15 is 0 Å². The molecular formula is C16H13BrF3NO. The van der Waals surface area contributed by atoms with Crippen LogP contribution in [-0.4, -0.2) is 5.91 Å². The third-order valence-electron chi connectivity index (χ3n) is 3.17. The lowest BCUT2D eigenvalue weighted by atomic mass is 10.1. The van der Waals surface area contributed by atoms with Crippen molar-refractivity contribution in [3.63, 3.8) is 0 Å². The maximum absolute atomic E-state index is 12.7. The zero-order valence-corrected chi connectivity index (χ0v) is 13.2. The van der Waals surface area contributed by atoms with Gasteiger partial charge in [-0.2, -0.15) is 13.2 Å². The fraction of sp³-hybridized carbons (Fsp3) is 0.188. The van der Waals surface area contributed by atoms with E-state index in [2.05, 4.69) is 21.2 Å². The predicted molar refractivity (Wildman–Crippen MR) is 81.5 cm³/mol. The molecule has 0 spiro atoms. The van der Waals surface area contributed by atoms with Gasteiger partial charge in [0.25, 0.3) is 5.91 Å². The fourth-order valence-corrected chi connectivity index (χ4v) is 2.22. The average Bonchev–Trinajstić information content (AvgIpc) is 2.47. The van der Waals surface area contributed by atoms with Crippen molar-refractivity contribution in [3.05, 3.63) is 69.7 Å². The molecule has 1 atom stereocenters. The van der Waals surface area contributed by atoms with Gasteiger partial charge in [0.15, 0.2) is 0 Å². The molecule has 0 saturated carbocycles. The Labute approximate surface area is 134 Å². The van der Waals surface area contributed by atoms with E-state index in [0.29, 0.717) is 0 Å². The van der Waals surface area contributed by atoms with Crippen molar-refractivity contribution >= 4 is 21.8 Å². The summed E-state index contributed by atoms with van der Waals surface area (Å²) in [6.45, 7) is 1.77. The summed E-state index contributed by atoms with van der Waals surface area (Å²) < 4.78 is 38.9. The van der Waals surface area contributed by atoms with Gasteiger partial charge in [-0.15, -0.1) is 0 Å². The average molecular weight is 372 g/mol. The summed E-state index contributed by atoms with van der Waals surface area (Å²) in [5, 5.41) is 2.69. The number of alkyl halides is 3. The van der Waals surface area contributed by atoms with Crippen LogP contribution >= 0.6 is 15.9 Å². The molecule has 2 aromatic rings. The number of benzene rings is 2. The Kier molecular flexibility index (Phi) is 4.90. The number of rotatable bonds is 3. The van der Waals surface area contributed by atoms with Crippen LogP contribution < -0.4 is 5.32 Å². The molecule has 0 heterocycles. The largest absolute Gasteiger partial charge is 0.416 e. The highest BCUT2D eigenvalue weighted by Crippen LogP contribution is 2.29. The summed E-state index contributed by atoms with van der Waals surface area (Å²) in [6.07, 6.45) is -4.46. The lowest BCUT2D eigenvalue weighted by Gasteiger charge is -2.15. The third-order valence-corrected chi connectivity index (χ3v) is 3.70. The highest BCUT2D eigenvalue weighted by molar-refractivity contribution is 9.10. The highest BCUT2D eigenvalue weighted by Gasteiger charge is 2.30. The van der Waals surface area contributed by atoms with E-state index in [1.807, 2.05) is 24.3 Å². The summed E-state index contributed by atoms with van der Waals surface area (Å²) in [4.78, 5) is 12.1. The van der Waals surface area contributed by atoms with E-state index in [1.165, 1.54) is 12.1 Å². The van der Waals surface area contributed by atoms with Gasteiger partial charge in [0.05, 0.1) is 11.6 Å². The van der Waals surface area contributed by atoms with Crippen LogP contribution in [0.4, 0.5) is 13.2 Å². The van der Waals surface area contributed by atoms with Crippen molar-refractivity contribution in [2.75, 3.05) is 0 Å². The van der Waals surface area contributed by atoms with Gasteiger partial charge in [-0.05, 0) is 42.8 Å². The number of halogens is 4. The molecule has 116 valence electrons. The van der Waals surface area contributed by atoms with E-state index in [4.69, 9.17) is 0 Å². The Morgan fingerprint density at radius 1 is 1.14 bits per heavy atom. The number of hydrogen-bond donors (Lipinski definition) is 1. The molecule has 0 radical (unpaired) electrons. The minimum absolute atomic E-state index is 0.0150. The molecule has 1 N–H and O–H groups in total. The number of hydrogen-bond acceptors (Lipinski definition) is 1. The Morgan fingerprint density at radius 3 is 2.36 bits per heavy atom. The standard InChI is InChI=1S/C16H13BrF3NO/c1-10(11-5-7-14(17)8-6-11)21-15(22)12-3-2-4-13(9-12)16(18,19)20/h2-10H,1H3,(H,21,22). The second-order valence-corrected chi connectivity index (χ2v) is 5.74. The molecule has 22 heavy (non-hydrogen) atoms. The molecule has 0 fully saturated rings. The minimum atomic E-state index is -4.46. The van der Waals surface area contributed by atoms with E-state index in [0.717, 1.165) is 22.2 Å². The lowest BCUT2D eigenvalue weighted by Crippen LogP contribution is -2.26. The second-order valence-electron chi connectivity index (χ2n) is 4.83. The van der Waals surface area contributed by atoms with Gasteiger partial charge in [0.2, 0.25) is 0 Å². The monoisotopic (exact) mass is 371 g/mol. The van der Waals surface area contributed by atoms with Crippen LogP contribution in [0.3, 0.4) is 0 Å². The zero-order chi connectivity index (χ0) is 16.3. The van der Waals surface area contributed by atoms with E-state index < -0.39 is 17.6 Å². The van der Waals surface area contributed by atoms with E-state index in [1.54, 1.807) is 6.92 Å². The SMILES string of the molecule is CC(NC(=O)c1cccc(C(F)(F)F)c1)c1ccc(Br)cc1. The van der Waals surface area contributed by atoms with Gasteiger partial charge in [0.1, 0.15) is 0 Å². The van der Waals surface area contributed by atoms with Crippen molar-refractivity contribution in [3.8, 4) is 0 Å². The Morgan fingerprint density at radius 2 is 1.77 bits per heavy atom. The normalized spacial score (nSPS) is 12.8. The zero-order valence-electron chi connectivity index (χ0n) is 11.6. The first-order valence-corrected chi connectivity index (χ1v) is 7.30. The maximum atomic E-state index is 12.7. The number of amides is 1. The van der Waals surface area contributed by atoms with Gasteiger partial charge in [-0.3, -0.25) is 4.79 Å². The van der Waals surface area contributed by atoms with Gasteiger partial charge in [-0.25, -0.2) is 0 Å². The quantitative estimate of drug-likeness (QED) is 0.811. The van der Waals surface area contributed by atoms with Crippen molar-refractivity contribution in [2.24, 2.45) is 0 Å². The second kappa shape index (κ2) is 6.52. The Balaban J connectivity index is 2.13. The van der Waals surface area contributed by atoms with Crippen LogP contribution in [-0.2, 0) is 6.18 Å². The number of carbonyl (C=O) groups excluding carboxylic acids is 1. The predicted octanol–water partition coefficient (Wildman–Crippen LogP) is 4.96. The molecule has 0 aromatic heterocycles. The topological polar surface area (TPSA) is 29.1 Å². The van der Waals surface area contributed by atoms with Crippen molar-refractivity contribution in [2.45, 2.75) is 19.1 Å². The summed E-state index contributed by atoms with van der Waals surface area (Å²) in [7, 11) is 0. The first-order chi connectivity index (χ1) is 10.3. The van der Waals surface area contributed by atoms with Crippen LogP contribution in [0.5, 0.6) is 0 Å². The number of nitrogens with one attached hydrogen (secondary N) is 1. The van der Waals surface area contributed by atoms with E-state index in [-0.39, 0.29) is 11.6 Å². The van der Waals surface area contributed by atoms with Crippen molar-refractivity contribution in [1.29, 1.82) is 0 Å². The molecule has 2 aromatic carbocycles. The number of carbonyl (C=O) groups is 1. The van der Waals surface area contributed by atoms with Gasteiger partial charge < -0.3 is 5.32 Å².